The summed E-state index contributed by atoms with van der Waals surface area (Å²) in [6, 6.07) is 4.09. The molecule has 0 aromatic carbocycles. The molecule has 0 bridgehead atoms. The number of halogens is 1. The van der Waals surface area contributed by atoms with Crippen molar-refractivity contribution >= 4 is 27.3 Å². The second-order valence-corrected chi connectivity index (χ2v) is 6.68. The number of rotatable bonds is 5. The van der Waals surface area contributed by atoms with E-state index in [1.54, 1.807) is 11.3 Å². The van der Waals surface area contributed by atoms with Gasteiger partial charge in [0.25, 0.3) is 0 Å². The Bertz CT molecular complexity index is 339. The molecule has 0 spiro atoms. The molecule has 1 aromatic heterocycles. The molecule has 1 fully saturated rings. The summed E-state index contributed by atoms with van der Waals surface area (Å²) >= 11 is 5.13. The van der Waals surface area contributed by atoms with Crippen LogP contribution >= 0.6 is 27.3 Å². The van der Waals surface area contributed by atoms with Crippen molar-refractivity contribution in [1.82, 2.24) is 0 Å². The molecular weight excluding hydrogens is 302 g/mol. The normalized spacial score (nSPS) is 22.6. The highest BCUT2D eigenvalue weighted by Crippen LogP contribution is 2.29. The summed E-state index contributed by atoms with van der Waals surface area (Å²) < 4.78 is 12.6. The quantitative estimate of drug-likeness (QED) is 0.907. The zero-order valence-electron chi connectivity index (χ0n) is 9.73. The summed E-state index contributed by atoms with van der Waals surface area (Å²) in [7, 11) is 0. The zero-order chi connectivity index (χ0) is 12.1. The monoisotopic (exact) mass is 319 g/mol. The number of hydrogen-bond acceptors (Lipinski definition) is 4. The van der Waals surface area contributed by atoms with Crippen molar-refractivity contribution in [3.8, 4) is 0 Å². The van der Waals surface area contributed by atoms with Crippen LogP contribution in [0.3, 0.4) is 0 Å². The van der Waals surface area contributed by atoms with Crippen LogP contribution in [0.5, 0.6) is 0 Å². The van der Waals surface area contributed by atoms with Crippen LogP contribution < -0.4 is 5.73 Å². The first kappa shape index (κ1) is 13.5. The van der Waals surface area contributed by atoms with Crippen molar-refractivity contribution in [3.63, 3.8) is 0 Å². The highest BCUT2D eigenvalue weighted by molar-refractivity contribution is 9.11. The minimum atomic E-state index is -0.00294. The number of ether oxygens (including phenoxy) is 2. The van der Waals surface area contributed by atoms with Crippen molar-refractivity contribution in [2.24, 2.45) is 5.73 Å². The Labute approximate surface area is 114 Å². The summed E-state index contributed by atoms with van der Waals surface area (Å²) in [5.41, 5.74) is 5.76. The van der Waals surface area contributed by atoms with E-state index >= 15 is 0 Å². The van der Waals surface area contributed by atoms with E-state index in [0.29, 0.717) is 13.2 Å². The lowest BCUT2D eigenvalue weighted by Crippen LogP contribution is -2.27. The minimum Gasteiger partial charge on any atom is -0.376 e. The van der Waals surface area contributed by atoms with E-state index in [4.69, 9.17) is 15.2 Å². The number of hydrogen-bond donors (Lipinski definition) is 1. The highest BCUT2D eigenvalue weighted by atomic mass is 79.9. The van der Waals surface area contributed by atoms with E-state index in [-0.39, 0.29) is 12.2 Å². The number of thiophene rings is 1. The SMILES string of the molecule is NCC(OCC1CCCCO1)c1ccc(Br)s1. The Morgan fingerprint density at radius 3 is 3.00 bits per heavy atom. The summed E-state index contributed by atoms with van der Waals surface area (Å²) in [5, 5.41) is 0. The van der Waals surface area contributed by atoms with Crippen molar-refractivity contribution < 1.29 is 9.47 Å². The molecule has 1 saturated heterocycles. The molecule has 2 heterocycles. The van der Waals surface area contributed by atoms with Crippen LogP contribution in [-0.4, -0.2) is 25.9 Å². The molecule has 0 amide bonds. The molecule has 5 heteroatoms. The van der Waals surface area contributed by atoms with Gasteiger partial charge in [-0.2, -0.15) is 0 Å². The van der Waals surface area contributed by atoms with Gasteiger partial charge >= 0.3 is 0 Å². The van der Waals surface area contributed by atoms with Crippen LogP contribution in [0, 0.1) is 0 Å². The Morgan fingerprint density at radius 2 is 2.41 bits per heavy atom. The molecule has 96 valence electrons. The van der Waals surface area contributed by atoms with Gasteiger partial charge < -0.3 is 15.2 Å². The van der Waals surface area contributed by atoms with Gasteiger partial charge in [-0.1, -0.05) is 0 Å². The van der Waals surface area contributed by atoms with Crippen molar-refractivity contribution in [1.29, 1.82) is 0 Å². The van der Waals surface area contributed by atoms with Crippen LogP contribution in [0.1, 0.15) is 30.2 Å². The summed E-state index contributed by atoms with van der Waals surface area (Å²) in [5.74, 6) is 0. The summed E-state index contributed by atoms with van der Waals surface area (Å²) in [6.07, 6.45) is 3.77. The van der Waals surface area contributed by atoms with E-state index in [9.17, 15) is 0 Å². The third kappa shape index (κ3) is 4.03. The molecule has 1 aliphatic heterocycles. The van der Waals surface area contributed by atoms with E-state index in [0.717, 1.165) is 16.8 Å². The molecule has 2 unspecified atom stereocenters. The molecule has 2 rings (SSSR count). The van der Waals surface area contributed by atoms with E-state index in [1.807, 2.05) is 6.07 Å². The van der Waals surface area contributed by atoms with Crippen molar-refractivity contribution in [3.05, 3.63) is 20.8 Å². The zero-order valence-corrected chi connectivity index (χ0v) is 12.1. The molecule has 2 N–H and O–H groups in total. The van der Waals surface area contributed by atoms with Crippen molar-refractivity contribution in [2.45, 2.75) is 31.5 Å². The van der Waals surface area contributed by atoms with Gasteiger partial charge in [0.2, 0.25) is 0 Å². The van der Waals surface area contributed by atoms with Crippen LogP contribution in [-0.2, 0) is 9.47 Å². The first-order valence-electron chi connectivity index (χ1n) is 5.98. The smallest absolute Gasteiger partial charge is 0.104 e. The fourth-order valence-electron chi connectivity index (χ4n) is 1.93. The van der Waals surface area contributed by atoms with Gasteiger partial charge in [-0.3, -0.25) is 0 Å². The van der Waals surface area contributed by atoms with Gasteiger partial charge in [0.15, 0.2) is 0 Å². The average Bonchev–Trinajstić information content (AvgIpc) is 2.78. The highest BCUT2D eigenvalue weighted by Gasteiger charge is 2.18. The molecule has 0 saturated carbocycles. The van der Waals surface area contributed by atoms with Crippen LogP contribution in [0.2, 0.25) is 0 Å². The van der Waals surface area contributed by atoms with Gasteiger partial charge in [0.05, 0.1) is 16.5 Å². The second-order valence-electron chi connectivity index (χ2n) is 4.19. The predicted octanol–water partition coefficient (Wildman–Crippen LogP) is 3.10. The molecule has 3 nitrogen and oxygen atoms in total. The van der Waals surface area contributed by atoms with Crippen LogP contribution in [0.25, 0.3) is 0 Å². The van der Waals surface area contributed by atoms with Crippen LogP contribution in [0.4, 0.5) is 0 Å². The molecule has 17 heavy (non-hydrogen) atoms. The van der Waals surface area contributed by atoms with Crippen LogP contribution in [0.15, 0.2) is 15.9 Å². The molecule has 0 radical (unpaired) electrons. The molecule has 1 aromatic rings. The summed E-state index contributed by atoms with van der Waals surface area (Å²) in [6.45, 7) is 2.03. The molecule has 0 aliphatic carbocycles. The molecule has 2 atom stereocenters. The minimum absolute atomic E-state index is 0.00294. The van der Waals surface area contributed by atoms with Gasteiger partial charge in [-0.05, 0) is 47.3 Å². The maximum Gasteiger partial charge on any atom is 0.104 e. The van der Waals surface area contributed by atoms with E-state index in [2.05, 4.69) is 22.0 Å². The Balaban J connectivity index is 1.82. The maximum atomic E-state index is 5.87. The second kappa shape index (κ2) is 6.85. The Kier molecular flexibility index (Phi) is 5.44. The van der Waals surface area contributed by atoms with E-state index in [1.165, 1.54) is 17.7 Å². The van der Waals surface area contributed by atoms with Gasteiger partial charge in [0, 0.05) is 18.0 Å². The molecular formula is C12H18BrNO2S. The van der Waals surface area contributed by atoms with Crippen molar-refractivity contribution in [2.75, 3.05) is 19.8 Å². The van der Waals surface area contributed by atoms with Gasteiger partial charge in [-0.15, -0.1) is 11.3 Å². The maximum absolute atomic E-state index is 5.87. The Morgan fingerprint density at radius 1 is 1.53 bits per heavy atom. The fourth-order valence-corrected chi connectivity index (χ4v) is 3.42. The lowest BCUT2D eigenvalue weighted by atomic mass is 10.1. The average molecular weight is 320 g/mol. The summed E-state index contributed by atoms with van der Waals surface area (Å²) in [4.78, 5) is 1.18. The fraction of sp³-hybridized carbons (Fsp3) is 0.667. The largest absolute Gasteiger partial charge is 0.376 e. The lowest BCUT2D eigenvalue weighted by molar-refractivity contribution is -0.0610. The molecule has 1 aliphatic rings. The third-order valence-corrected chi connectivity index (χ3v) is 4.60. The predicted molar refractivity (Wildman–Crippen MR) is 73.4 cm³/mol. The van der Waals surface area contributed by atoms with E-state index < -0.39 is 0 Å². The third-order valence-electron chi connectivity index (χ3n) is 2.88. The standard InChI is InChI=1S/C12H18BrNO2S/c13-12-5-4-11(17-12)10(7-14)16-8-9-3-1-2-6-15-9/h4-5,9-10H,1-3,6-8,14H2. The lowest BCUT2D eigenvalue weighted by Gasteiger charge is -2.24. The van der Waals surface area contributed by atoms with Gasteiger partial charge in [-0.25, -0.2) is 0 Å². The number of nitrogens with two attached hydrogens (primary N) is 1. The first-order valence-corrected chi connectivity index (χ1v) is 7.59. The Hall–Kier alpha value is 0.0600. The van der Waals surface area contributed by atoms with Gasteiger partial charge in [0.1, 0.15) is 6.10 Å². The first-order chi connectivity index (χ1) is 8.29. The topological polar surface area (TPSA) is 44.5 Å².